The van der Waals surface area contributed by atoms with Gasteiger partial charge in [-0.05, 0) is 38.4 Å². The van der Waals surface area contributed by atoms with Crippen molar-refractivity contribution in [3.63, 3.8) is 0 Å². The van der Waals surface area contributed by atoms with E-state index in [4.69, 9.17) is 0 Å². The van der Waals surface area contributed by atoms with Crippen molar-refractivity contribution >= 4 is 12.4 Å². The molecule has 0 bridgehead atoms. The van der Waals surface area contributed by atoms with Crippen molar-refractivity contribution in [2.75, 3.05) is 26.2 Å². The predicted molar refractivity (Wildman–Crippen MR) is 72.4 cm³/mol. The molecule has 98 valence electrons. The fourth-order valence-corrected chi connectivity index (χ4v) is 2.39. The molecule has 17 heavy (non-hydrogen) atoms. The zero-order chi connectivity index (χ0) is 11.2. The van der Waals surface area contributed by atoms with Gasteiger partial charge in [0.2, 0.25) is 0 Å². The third-order valence-corrected chi connectivity index (χ3v) is 3.21. The molecular weight excluding hydrogens is 236 g/mol. The second-order valence-corrected chi connectivity index (χ2v) is 4.66. The van der Waals surface area contributed by atoms with Gasteiger partial charge in [0.15, 0.2) is 0 Å². The Labute approximate surface area is 110 Å². The van der Waals surface area contributed by atoms with Gasteiger partial charge in [-0.2, -0.15) is 0 Å². The zero-order valence-electron chi connectivity index (χ0n) is 10.5. The van der Waals surface area contributed by atoms with Gasteiger partial charge in [0, 0.05) is 25.0 Å². The summed E-state index contributed by atoms with van der Waals surface area (Å²) in [4.78, 5) is 9.68. The third-order valence-electron chi connectivity index (χ3n) is 3.21. The normalized spacial score (nSPS) is 20.4. The van der Waals surface area contributed by atoms with Gasteiger partial charge < -0.3 is 15.2 Å². The van der Waals surface area contributed by atoms with Gasteiger partial charge in [-0.15, -0.1) is 12.4 Å². The molecule has 2 rings (SSSR count). The topological polar surface area (TPSA) is 44.0 Å². The van der Waals surface area contributed by atoms with E-state index >= 15 is 0 Å². The molecule has 1 unspecified atom stereocenters. The summed E-state index contributed by atoms with van der Waals surface area (Å²) in [7, 11) is 0. The number of likely N-dealkylation sites (tertiary alicyclic amines) is 1. The molecule has 2 heterocycles. The van der Waals surface area contributed by atoms with Gasteiger partial charge >= 0.3 is 0 Å². The highest BCUT2D eigenvalue weighted by molar-refractivity contribution is 5.85. The number of imidazole rings is 1. The molecule has 1 aromatic rings. The first-order valence-electron chi connectivity index (χ1n) is 6.28. The molecule has 5 heteroatoms. The van der Waals surface area contributed by atoms with Gasteiger partial charge in [-0.3, -0.25) is 0 Å². The number of nitrogens with one attached hydrogen (secondary N) is 2. The highest BCUT2D eigenvalue weighted by Gasteiger charge is 2.20. The Balaban J connectivity index is 0.00000144. The van der Waals surface area contributed by atoms with Crippen LogP contribution in [0.4, 0.5) is 0 Å². The maximum atomic E-state index is 4.01. The highest BCUT2D eigenvalue weighted by Crippen LogP contribution is 2.15. The van der Waals surface area contributed by atoms with Crippen molar-refractivity contribution in [1.82, 2.24) is 20.2 Å². The molecule has 1 atom stereocenters. The molecule has 0 radical (unpaired) electrons. The number of nitrogens with zero attached hydrogens (tertiary/aromatic N) is 2. The predicted octanol–water partition coefficient (Wildman–Crippen LogP) is 1.65. The number of halogens is 1. The number of aromatic amines is 1. The SMILES string of the molecule is CCCN1CCC(CNCc2cnc[nH]2)C1.Cl. The van der Waals surface area contributed by atoms with E-state index in [1.807, 2.05) is 6.20 Å². The second-order valence-electron chi connectivity index (χ2n) is 4.66. The van der Waals surface area contributed by atoms with E-state index in [9.17, 15) is 0 Å². The van der Waals surface area contributed by atoms with Gasteiger partial charge in [-0.1, -0.05) is 6.92 Å². The van der Waals surface area contributed by atoms with Gasteiger partial charge in [-0.25, -0.2) is 4.98 Å². The Morgan fingerprint density at radius 2 is 2.47 bits per heavy atom. The van der Waals surface area contributed by atoms with E-state index in [1.165, 1.54) is 38.2 Å². The van der Waals surface area contributed by atoms with Gasteiger partial charge in [0.1, 0.15) is 0 Å². The average molecular weight is 259 g/mol. The fraction of sp³-hybridized carbons (Fsp3) is 0.750. The van der Waals surface area contributed by atoms with E-state index in [-0.39, 0.29) is 12.4 Å². The van der Waals surface area contributed by atoms with Gasteiger partial charge in [0.25, 0.3) is 0 Å². The summed E-state index contributed by atoms with van der Waals surface area (Å²) in [6.07, 6.45) is 6.23. The lowest BCUT2D eigenvalue weighted by atomic mass is 10.1. The van der Waals surface area contributed by atoms with Crippen LogP contribution in [0, 0.1) is 5.92 Å². The van der Waals surface area contributed by atoms with Crippen molar-refractivity contribution in [3.05, 3.63) is 18.2 Å². The first-order chi connectivity index (χ1) is 7.88. The summed E-state index contributed by atoms with van der Waals surface area (Å²) in [5.74, 6) is 0.828. The smallest absolute Gasteiger partial charge is 0.0922 e. The lowest BCUT2D eigenvalue weighted by Crippen LogP contribution is -2.26. The molecule has 1 aromatic heterocycles. The van der Waals surface area contributed by atoms with Gasteiger partial charge in [0.05, 0.1) is 6.33 Å². The van der Waals surface area contributed by atoms with Crippen LogP contribution in [0.5, 0.6) is 0 Å². The van der Waals surface area contributed by atoms with Crippen molar-refractivity contribution in [3.8, 4) is 0 Å². The highest BCUT2D eigenvalue weighted by atomic mass is 35.5. The minimum Gasteiger partial charge on any atom is -0.347 e. The van der Waals surface area contributed by atoms with Crippen LogP contribution in [-0.4, -0.2) is 41.0 Å². The summed E-state index contributed by atoms with van der Waals surface area (Å²) in [6.45, 7) is 8.10. The molecule has 0 aromatic carbocycles. The number of hydrogen-bond donors (Lipinski definition) is 2. The Bertz CT molecular complexity index is 289. The van der Waals surface area contributed by atoms with Crippen LogP contribution in [-0.2, 0) is 6.54 Å². The lowest BCUT2D eigenvalue weighted by Gasteiger charge is -2.14. The first kappa shape index (κ1) is 14.5. The summed E-state index contributed by atoms with van der Waals surface area (Å²) in [6, 6.07) is 0. The van der Waals surface area contributed by atoms with Crippen molar-refractivity contribution in [2.24, 2.45) is 5.92 Å². The Kier molecular flexibility index (Phi) is 6.55. The quantitative estimate of drug-likeness (QED) is 0.816. The largest absolute Gasteiger partial charge is 0.347 e. The number of H-pyrrole nitrogens is 1. The van der Waals surface area contributed by atoms with Crippen LogP contribution in [0.3, 0.4) is 0 Å². The molecular formula is C12H23ClN4. The molecule has 1 aliphatic rings. The number of rotatable bonds is 6. The Hall–Kier alpha value is -0.580. The molecule has 0 saturated carbocycles. The molecule has 0 aliphatic carbocycles. The van der Waals surface area contributed by atoms with Crippen molar-refractivity contribution < 1.29 is 0 Å². The average Bonchev–Trinajstić information content (AvgIpc) is 2.90. The van der Waals surface area contributed by atoms with Crippen molar-refractivity contribution in [1.29, 1.82) is 0 Å². The Morgan fingerprint density at radius 1 is 1.59 bits per heavy atom. The molecule has 1 saturated heterocycles. The maximum absolute atomic E-state index is 4.01. The van der Waals surface area contributed by atoms with Crippen LogP contribution < -0.4 is 5.32 Å². The zero-order valence-corrected chi connectivity index (χ0v) is 11.3. The summed E-state index contributed by atoms with van der Waals surface area (Å²) in [5.41, 5.74) is 1.17. The van der Waals surface area contributed by atoms with Crippen LogP contribution >= 0.6 is 12.4 Å². The summed E-state index contributed by atoms with van der Waals surface area (Å²) < 4.78 is 0. The Morgan fingerprint density at radius 3 is 3.18 bits per heavy atom. The molecule has 0 amide bonds. The summed E-state index contributed by atoms with van der Waals surface area (Å²) in [5, 5.41) is 3.49. The van der Waals surface area contributed by atoms with E-state index in [1.54, 1.807) is 6.33 Å². The second kappa shape index (κ2) is 7.69. The molecule has 1 aliphatic heterocycles. The fourth-order valence-electron chi connectivity index (χ4n) is 2.39. The number of hydrogen-bond acceptors (Lipinski definition) is 3. The molecule has 2 N–H and O–H groups in total. The van der Waals surface area contributed by atoms with E-state index < -0.39 is 0 Å². The standard InChI is InChI=1S/C12H22N4.ClH/c1-2-4-16-5-3-11(9-16)6-13-7-12-8-14-10-15-12;/h8,10-11,13H,2-7,9H2,1H3,(H,14,15);1H. The van der Waals surface area contributed by atoms with Crippen LogP contribution in [0.25, 0.3) is 0 Å². The monoisotopic (exact) mass is 258 g/mol. The van der Waals surface area contributed by atoms with Crippen LogP contribution in [0.1, 0.15) is 25.5 Å². The first-order valence-corrected chi connectivity index (χ1v) is 6.28. The van der Waals surface area contributed by atoms with Crippen molar-refractivity contribution in [2.45, 2.75) is 26.3 Å². The lowest BCUT2D eigenvalue weighted by molar-refractivity contribution is 0.322. The van der Waals surface area contributed by atoms with Crippen LogP contribution in [0.15, 0.2) is 12.5 Å². The number of aromatic nitrogens is 2. The molecule has 4 nitrogen and oxygen atoms in total. The molecule has 1 fully saturated rings. The van der Waals surface area contributed by atoms with E-state index in [2.05, 4.69) is 27.1 Å². The van der Waals surface area contributed by atoms with E-state index in [0.717, 1.165) is 19.0 Å². The molecule has 0 spiro atoms. The maximum Gasteiger partial charge on any atom is 0.0922 e. The van der Waals surface area contributed by atoms with E-state index in [0.29, 0.717) is 0 Å². The minimum atomic E-state index is 0. The third kappa shape index (κ3) is 4.66. The van der Waals surface area contributed by atoms with Crippen LogP contribution in [0.2, 0.25) is 0 Å². The minimum absolute atomic E-state index is 0. The summed E-state index contributed by atoms with van der Waals surface area (Å²) >= 11 is 0.